The van der Waals surface area contributed by atoms with Crippen molar-refractivity contribution in [2.75, 3.05) is 12.5 Å². The third-order valence-electron chi connectivity index (χ3n) is 3.22. The van der Waals surface area contributed by atoms with Gasteiger partial charge < -0.3 is 10.3 Å². The third kappa shape index (κ3) is 2.95. The summed E-state index contributed by atoms with van der Waals surface area (Å²) < 4.78 is 0. The Hall–Kier alpha value is -2.40. The van der Waals surface area contributed by atoms with Crippen molar-refractivity contribution in [3.05, 3.63) is 59.4 Å². The molecule has 1 heterocycles. The molecular formula is C15H18N4O. The van der Waals surface area contributed by atoms with Gasteiger partial charge in [0.15, 0.2) is 0 Å². The summed E-state index contributed by atoms with van der Waals surface area (Å²) >= 11 is 0. The van der Waals surface area contributed by atoms with E-state index in [4.69, 9.17) is 5.84 Å². The molecule has 1 aromatic carbocycles. The van der Waals surface area contributed by atoms with E-state index in [0.29, 0.717) is 17.8 Å². The zero-order chi connectivity index (χ0) is 14.5. The molecule has 5 nitrogen and oxygen atoms in total. The fraction of sp³-hybridized carbons (Fsp3) is 0.200. The number of hydrogen-bond donors (Lipinski definition) is 2. The number of benzene rings is 1. The number of anilines is 1. The van der Waals surface area contributed by atoms with Crippen LogP contribution in [-0.2, 0) is 6.54 Å². The lowest BCUT2D eigenvalue weighted by molar-refractivity contribution is 0.0785. The minimum Gasteiger partial charge on any atom is -0.337 e. The molecule has 0 atom stereocenters. The second-order valence-corrected chi connectivity index (χ2v) is 4.65. The molecule has 104 valence electrons. The quantitative estimate of drug-likeness (QED) is 0.658. The number of hydrogen-bond acceptors (Lipinski definition) is 4. The molecule has 0 radical (unpaired) electrons. The molecule has 0 aliphatic heterocycles. The van der Waals surface area contributed by atoms with E-state index in [-0.39, 0.29) is 5.91 Å². The molecule has 0 unspecified atom stereocenters. The minimum atomic E-state index is -0.0939. The van der Waals surface area contributed by atoms with Crippen LogP contribution in [0.25, 0.3) is 0 Å². The average molecular weight is 270 g/mol. The number of pyridine rings is 1. The van der Waals surface area contributed by atoms with E-state index < -0.39 is 0 Å². The molecule has 5 heteroatoms. The van der Waals surface area contributed by atoms with Gasteiger partial charge in [-0.05, 0) is 24.1 Å². The predicted molar refractivity (Wildman–Crippen MR) is 79.0 cm³/mol. The Morgan fingerprint density at radius 2 is 2.10 bits per heavy atom. The number of carbonyl (C=O) groups excluding carboxylic acids is 1. The number of nitrogen functional groups attached to an aromatic ring is 1. The Morgan fingerprint density at radius 1 is 1.35 bits per heavy atom. The van der Waals surface area contributed by atoms with Gasteiger partial charge in [-0.2, -0.15) is 0 Å². The normalized spacial score (nSPS) is 10.2. The largest absolute Gasteiger partial charge is 0.337 e. The number of nitrogens with two attached hydrogens (primary N) is 1. The van der Waals surface area contributed by atoms with Crippen molar-refractivity contribution in [2.24, 2.45) is 5.84 Å². The first-order chi connectivity index (χ1) is 9.63. The highest BCUT2D eigenvalue weighted by molar-refractivity contribution is 5.99. The minimum absolute atomic E-state index is 0.0939. The summed E-state index contributed by atoms with van der Waals surface area (Å²) in [5.74, 6) is 5.31. The molecule has 1 aromatic heterocycles. The highest BCUT2D eigenvalue weighted by Crippen LogP contribution is 2.16. The van der Waals surface area contributed by atoms with Gasteiger partial charge >= 0.3 is 0 Å². The zero-order valence-electron chi connectivity index (χ0n) is 11.6. The van der Waals surface area contributed by atoms with E-state index in [0.717, 1.165) is 5.56 Å². The Labute approximate surface area is 118 Å². The summed E-state index contributed by atoms with van der Waals surface area (Å²) in [4.78, 5) is 18.1. The summed E-state index contributed by atoms with van der Waals surface area (Å²) in [7, 11) is 1.77. The van der Waals surface area contributed by atoms with E-state index in [1.54, 1.807) is 24.2 Å². The lowest BCUT2D eigenvalue weighted by atomic mass is 10.1. The molecule has 0 aliphatic carbocycles. The fourth-order valence-corrected chi connectivity index (χ4v) is 2.02. The van der Waals surface area contributed by atoms with Gasteiger partial charge in [-0.1, -0.05) is 24.3 Å². The number of carbonyl (C=O) groups is 1. The van der Waals surface area contributed by atoms with Crippen LogP contribution in [0, 0.1) is 6.92 Å². The van der Waals surface area contributed by atoms with Crippen molar-refractivity contribution >= 4 is 11.6 Å². The number of hydrazine groups is 1. The van der Waals surface area contributed by atoms with E-state index in [2.05, 4.69) is 10.4 Å². The fourth-order valence-electron chi connectivity index (χ4n) is 2.02. The number of nitrogens with zero attached hydrogens (tertiary/aromatic N) is 2. The number of rotatable bonds is 4. The van der Waals surface area contributed by atoms with Crippen molar-refractivity contribution in [3.8, 4) is 0 Å². The maximum absolute atomic E-state index is 12.4. The monoisotopic (exact) mass is 270 g/mol. The molecule has 0 spiro atoms. The SMILES string of the molecule is Cc1ccccc1CN(C)C(=O)c1ccncc1NN. The van der Waals surface area contributed by atoms with Gasteiger partial charge in [-0.15, -0.1) is 0 Å². The summed E-state index contributed by atoms with van der Waals surface area (Å²) in [5.41, 5.74) is 5.82. The van der Waals surface area contributed by atoms with Crippen LogP contribution in [0.2, 0.25) is 0 Å². The molecule has 0 saturated carbocycles. The van der Waals surface area contributed by atoms with Crippen molar-refractivity contribution in [2.45, 2.75) is 13.5 Å². The molecule has 0 saturated heterocycles. The Bertz CT molecular complexity index is 612. The molecule has 2 aromatic rings. The van der Waals surface area contributed by atoms with Crippen LogP contribution in [-0.4, -0.2) is 22.8 Å². The first-order valence-electron chi connectivity index (χ1n) is 6.34. The second kappa shape index (κ2) is 6.16. The molecule has 0 fully saturated rings. The van der Waals surface area contributed by atoms with E-state index >= 15 is 0 Å². The van der Waals surface area contributed by atoms with E-state index in [1.807, 2.05) is 31.2 Å². The summed E-state index contributed by atoms with van der Waals surface area (Å²) in [6.45, 7) is 2.59. The summed E-state index contributed by atoms with van der Waals surface area (Å²) in [6, 6.07) is 9.67. The lowest BCUT2D eigenvalue weighted by Gasteiger charge is -2.19. The molecule has 0 bridgehead atoms. The van der Waals surface area contributed by atoms with Gasteiger partial charge in [-0.3, -0.25) is 15.6 Å². The highest BCUT2D eigenvalue weighted by atomic mass is 16.2. The summed E-state index contributed by atoms with van der Waals surface area (Å²) in [6.07, 6.45) is 3.12. The van der Waals surface area contributed by atoms with Crippen molar-refractivity contribution in [1.82, 2.24) is 9.88 Å². The zero-order valence-corrected chi connectivity index (χ0v) is 11.6. The maximum Gasteiger partial charge on any atom is 0.256 e. The first kappa shape index (κ1) is 14.0. The van der Waals surface area contributed by atoms with Gasteiger partial charge in [0.05, 0.1) is 17.4 Å². The standard InChI is InChI=1S/C15H18N4O/c1-11-5-3-4-6-12(11)10-19(2)15(20)13-7-8-17-9-14(13)18-16/h3-9,18H,10,16H2,1-2H3. The van der Waals surface area contributed by atoms with Gasteiger partial charge in [-0.25, -0.2) is 0 Å². The van der Waals surface area contributed by atoms with Crippen LogP contribution in [0.15, 0.2) is 42.7 Å². The van der Waals surface area contributed by atoms with Gasteiger partial charge in [0.2, 0.25) is 0 Å². The topological polar surface area (TPSA) is 71.2 Å². The van der Waals surface area contributed by atoms with Gasteiger partial charge in [0, 0.05) is 19.8 Å². The second-order valence-electron chi connectivity index (χ2n) is 4.65. The molecule has 0 aliphatic rings. The lowest BCUT2D eigenvalue weighted by Crippen LogP contribution is -2.28. The molecular weight excluding hydrogens is 252 g/mol. The average Bonchev–Trinajstić information content (AvgIpc) is 2.48. The van der Waals surface area contributed by atoms with Crippen molar-refractivity contribution < 1.29 is 4.79 Å². The van der Waals surface area contributed by atoms with Crippen molar-refractivity contribution in [1.29, 1.82) is 0 Å². The van der Waals surface area contributed by atoms with Crippen LogP contribution < -0.4 is 11.3 Å². The Balaban J connectivity index is 2.19. The highest BCUT2D eigenvalue weighted by Gasteiger charge is 2.16. The van der Waals surface area contributed by atoms with Crippen LogP contribution in [0.3, 0.4) is 0 Å². The predicted octanol–water partition coefficient (Wildman–Crippen LogP) is 1.95. The van der Waals surface area contributed by atoms with Gasteiger partial charge in [0.25, 0.3) is 5.91 Å². The molecule has 1 amide bonds. The van der Waals surface area contributed by atoms with Crippen LogP contribution >= 0.6 is 0 Å². The Kier molecular flexibility index (Phi) is 4.32. The summed E-state index contributed by atoms with van der Waals surface area (Å²) in [5, 5.41) is 0. The van der Waals surface area contributed by atoms with Crippen molar-refractivity contribution in [3.63, 3.8) is 0 Å². The molecule has 3 N–H and O–H groups in total. The smallest absolute Gasteiger partial charge is 0.256 e. The number of aromatic nitrogens is 1. The van der Waals surface area contributed by atoms with Crippen LogP contribution in [0.5, 0.6) is 0 Å². The van der Waals surface area contributed by atoms with Gasteiger partial charge in [0.1, 0.15) is 0 Å². The van der Waals surface area contributed by atoms with E-state index in [1.165, 1.54) is 11.8 Å². The number of amides is 1. The number of nitrogens with one attached hydrogen (secondary N) is 1. The molecule has 2 rings (SSSR count). The van der Waals surface area contributed by atoms with E-state index in [9.17, 15) is 4.79 Å². The first-order valence-corrected chi connectivity index (χ1v) is 6.34. The maximum atomic E-state index is 12.4. The van der Waals surface area contributed by atoms with Crippen LogP contribution in [0.1, 0.15) is 21.5 Å². The number of aryl methyl sites for hydroxylation is 1. The Morgan fingerprint density at radius 3 is 2.80 bits per heavy atom. The molecule has 20 heavy (non-hydrogen) atoms. The van der Waals surface area contributed by atoms with Crippen LogP contribution in [0.4, 0.5) is 5.69 Å². The third-order valence-corrected chi connectivity index (χ3v) is 3.22.